The normalized spacial score (nSPS) is 11.5. The van der Waals surface area contributed by atoms with Crippen molar-refractivity contribution in [1.82, 2.24) is 19.2 Å². The van der Waals surface area contributed by atoms with Crippen molar-refractivity contribution < 1.29 is 4.74 Å². The summed E-state index contributed by atoms with van der Waals surface area (Å²) in [6.07, 6.45) is 2.02. The number of hydrogen-bond donors (Lipinski definition) is 0. The molecule has 5 rings (SSSR count). The van der Waals surface area contributed by atoms with Gasteiger partial charge in [-0.3, -0.25) is 4.79 Å². The number of fused-ring (bicyclic) bond motifs is 2. The third-order valence-corrected chi connectivity index (χ3v) is 6.11. The van der Waals surface area contributed by atoms with Gasteiger partial charge in [-0.05, 0) is 29.6 Å². The lowest BCUT2D eigenvalue weighted by Crippen LogP contribution is -2.13. The van der Waals surface area contributed by atoms with E-state index >= 15 is 0 Å². The van der Waals surface area contributed by atoms with Gasteiger partial charge in [-0.15, -0.1) is 0 Å². The molecule has 0 atom stereocenters. The van der Waals surface area contributed by atoms with E-state index in [-0.39, 0.29) is 5.56 Å². The van der Waals surface area contributed by atoms with Crippen LogP contribution in [0.4, 0.5) is 0 Å². The van der Waals surface area contributed by atoms with Gasteiger partial charge in [0.05, 0.1) is 12.8 Å². The van der Waals surface area contributed by atoms with Crippen LogP contribution in [0.3, 0.4) is 0 Å². The zero-order valence-corrected chi connectivity index (χ0v) is 16.2. The molecule has 134 valence electrons. The van der Waals surface area contributed by atoms with Gasteiger partial charge in [0.25, 0.3) is 5.56 Å². The Hall–Kier alpha value is -2.97. The van der Waals surface area contributed by atoms with Crippen LogP contribution < -0.4 is 10.3 Å². The van der Waals surface area contributed by atoms with Gasteiger partial charge in [-0.1, -0.05) is 11.3 Å². The van der Waals surface area contributed by atoms with Crippen molar-refractivity contribution in [2.75, 3.05) is 7.11 Å². The zero-order valence-electron chi connectivity index (χ0n) is 14.5. The molecule has 0 aliphatic carbocycles. The number of aryl methyl sites for hydroxylation is 1. The highest BCUT2D eigenvalue weighted by atomic mass is 32.1. The molecule has 0 saturated heterocycles. The quantitative estimate of drug-likeness (QED) is 0.463. The summed E-state index contributed by atoms with van der Waals surface area (Å²) in [5.74, 6) is 0.783. The summed E-state index contributed by atoms with van der Waals surface area (Å²) >= 11 is 2.99. The standard InChI is InChI=1S/C19H14N4O2S2/c1-22-9-14(13-7-12(25-2)3-4-16(13)22)18-21-23-17(24)8-15(20-19(23)27-18)11-5-6-26-10-11/h3-10H,1-2H3. The molecule has 8 heteroatoms. The van der Waals surface area contributed by atoms with Gasteiger partial charge in [0, 0.05) is 46.7 Å². The van der Waals surface area contributed by atoms with Crippen molar-refractivity contribution in [2.45, 2.75) is 0 Å². The van der Waals surface area contributed by atoms with E-state index in [0.29, 0.717) is 10.7 Å². The van der Waals surface area contributed by atoms with Crippen molar-refractivity contribution >= 4 is 38.5 Å². The number of aromatic nitrogens is 4. The molecule has 5 aromatic rings. The summed E-state index contributed by atoms with van der Waals surface area (Å²) in [6.45, 7) is 0. The van der Waals surface area contributed by atoms with E-state index in [1.807, 2.05) is 52.8 Å². The minimum atomic E-state index is -0.179. The molecule has 4 heterocycles. The second kappa shape index (κ2) is 6.04. The summed E-state index contributed by atoms with van der Waals surface area (Å²) in [7, 11) is 3.64. The lowest BCUT2D eigenvalue weighted by atomic mass is 10.2. The molecule has 0 unspecified atom stereocenters. The van der Waals surface area contributed by atoms with Gasteiger partial charge in [0.15, 0.2) is 0 Å². The Labute approximate surface area is 161 Å². The lowest BCUT2D eigenvalue weighted by Gasteiger charge is -2.00. The maximum Gasteiger partial charge on any atom is 0.275 e. The van der Waals surface area contributed by atoms with Crippen LogP contribution >= 0.6 is 22.7 Å². The average Bonchev–Trinajstić information content (AvgIpc) is 3.40. The van der Waals surface area contributed by atoms with E-state index in [1.54, 1.807) is 18.4 Å². The molecule has 0 N–H and O–H groups in total. The Kier molecular flexibility index (Phi) is 3.63. The van der Waals surface area contributed by atoms with Gasteiger partial charge in [-0.25, -0.2) is 4.98 Å². The second-order valence-electron chi connectivity index (χ2n) is 6.13. The highest BCUT2D eigenvalue weighted by Crippen LogP contribution is 2.34. The smallest absolute Gasteiger partial charge is 0.275 e. The fraction of sp³-hybridized carbons (Fsp3) is 0.105. The minimum Gasteiger partial charge on any atom is -0.497 e. The summed E-state index contributed by atoms with van der Waals surface area (Å²) in [6, 6.07) is 9.43. The molecule has 0 amide bonds. The molecule has 0 aliphatic rings. The monoisotopic (exact) mass is 394 g/mol. The molecule has 0 radical (unpaired) electrons. The molecule has 6 nitrogen and oxygen atoms in total. The molecule has 0 bridgehead atoms. The number of thiophene rings is 1. The summed E-state index contributed by atoms with van der Waals surface area (Å²) in [5, 5.41) is 10.3. The summed E-state index contributed by atoms with van der Waals surface area (Å²) in [4.78, 5) is 17.8. The second-order valence-corrected chi connectivity index (χ2v) is 7.87. The van der Waals surface area contributed by atoms with Gasteiger partial charge in [0.2, 0.25) is 4.96 Å². The van der Waals surface area contributed by atoms with Crippen molar-refractivity contribution in [3.05, 3.63) is 57.6 Å². The lowest BCUT2D eigenvalue weighted by molar-refractivity contribution is 0.415. The highest BCUT2D eigenvalue weighted by Gasteiger charge is 2.16. The van der Waals surface area contributed by atoms with Crippen molar-refractivity contribution in [2.24, 2.45) is 7.05 Å². The maximum absolute atomic E-state index is 12.6. The van der Waals surface area contributed by atoms with Gasteiger partial charge < -0.3 is 9.30 Å². The number of rotatable bonds is 3. The fourth-order valence-electron chi connectivity index (χ4n) is 3.15. The van der Waals surface area contributed by atoms with Crippen LogP contribution in [0.1, 0.15) is 0 Å². The third-order valence-electron chi connectivity index (χ3n) is 4.49. The Bertz CT molecular complexity index is 1350. The fourth-order valence-corrected chi connectivity index (χ4v) is 4.73. The van der Waals surface area contributed by atoms with Crippen LogP contribution in [0, 0.1) is 0 Å². The molecule has 0 fully saturated rings. The van der Waals surface area contributed by atoms with E-state index in [9.17, 15) is 4.79 Å². The van der Waals surface area contributed by atoms with E-state index in [4.69, 9.17) is 4.74 Å². The van der Waals surface area contributed by atoms with E-state index in [0.717, 1.165) is 32.8 Å². The van der Waals surface area contributed by atoms with Crippen LogP contribution in [-0.4, -0.2) is 26.3 Å². The van der Waals surface area contributed by atoms with Crippen molar-refractivity contribution in [1.29, 1.82) is 0 Å². The van der Waals surface area contributed by atoms with Crippen LogP contribution in [0.2, 0.25) is 0 Å². The number of benzene rings is 1. The minimum absolute atomic E-state index is 0.179. The number of nitrogens with zero attached hydrogens (tertiary/aromatic N) is 4. The number of ether oxygens (including phenoxy) is 1. The Balaban J connectivity index is 1.73. The first-order valence-electron chi connectivity index (χ1n) is 8.21. The first-order chi connectivity index (χ1) is 13.1. The Morgan fingerprint density at radius 3 is 2.85 bits per heavy atom. The number of methoxy groups -OCH3 is 1. The molecular weight excluding hydrogens is 380 g/mol. The van der Waals surface area contributed by atoms with Crippen molar-refractivity contribution in [3.63, 3.8) is 0 Å². The molecule has 1 aromatic carbocycles. The predicted molar refractivity (Wildman–Crippen MR) is 109 cm³/mol. The van der Waals surface area contributed by atoms with Crippen LogP contribution in [0.5, 0.6) is 5.75 Å². The van der Waals surface area contributed by atoms with E-state index < -0.39 is 0 Å². The number of hydrogen-bond acceptors (Lipinski definition) is 6. The summed E-state index contributed by atoms with van der Waals surface area (Å²) in [5.41, 5.74) is 3.48. The van der Waals surface area contributed by atoms with Gasteiger partial charge in [-0.2, -0.15) is 21.0 Å². The van der Waals surface area contributed by atoms with Gasteiger partial charge >= 0.3 is 0 Å². The first-order valence-corrected chi connectivity index (χ1v) is 9.97. The zero-order chi connectivity index (χ0) is 18.5. The average molecular weight is 394 g/mol. The SMILES string of the molecule is COc1ccc2c(c1)c(-c1nn3c(=O)cc(-c4ccsc4)nc3s1)cn2C. The van der Waals surface area contributed by atoms with Crippen LogP contribution in [0.25, 0.3) is 37.7 Å². The summed E-state index contributed by atoms with van der Waals surface area (Å²) < 4.78 is 8.78. The van der Waals surface area contributed by atoms with Crippen molar-refractivity contribution in [3.8, 4) is 27.6 Å². The first kappa shape index (κ1) is 16.2. The molecule has 0 saturated carbocycles. The Morgan fingerprint density at radius 2 is 2.07 bits per heavy atom. The third kappa shape index (κ3) is 2.56. The van der Waals surface area contributed by atoms with E-state index in [1.165, 1.54) is 21.9 Å². The van der Waals surface area contributed by atoms with E-state index in [2.05, 4.69) is 10.1 Å². The molecule has 0 aliphatic heterocycles. The molecule has 0 spiro atoms. The molecular formula is C19H14N4O2S2. The predicted octanol–water partition coefficient (Wildman–Crippen LogP) is 4.05. The molecule has 27 heavy (non-hydrogen) atoms. The topological polar surface area (TPSA) is 61.4 Å². The van der Waals surface area contributed by atoms with Crippen LogP contribution in [-0.2, 0) is 7.05 Å². The maximum atomic E-state index is 12.6. The highest BCUT2D eigenvalue weighted by molar-refractivity contribution is 7.20. The largest absolute Gasteiger partial charge is 0.497 e. The van der Waals surface area contributed by atoms with Gasteiger partial charge in [0.1, 0.15) is 10.8 Å². The Morgan fingerprint density at radius 1 is 1.19 bits per heavy atom. The molecule has 4 aromatic heterocycles. The van der Waals surface area contributed by atoms with Crippen LogP contribution in [0.15, 0.2) is 52.1 Å².